The largest absolute Gasteiger partial charge is 0.514 e. The summed E-state index contributed by atoms with van der Waals surface area (Å²) in [5, 5.41) is 9.20. The van der Waals surface area contributed by atoms with Crippen LogP contribution >= 0.6 is 0 Å². The maximum Gasteiger partial charge on any atom is 0.514 e. The second kappa shape index (κ2) is 7.78. The maximum absolute atomic E-state index is 11.2. The normalized spacial score (nSPS) is 13.8. The van der Waals surface area contributed by atoms with Crippen LogP contribution in [0.25, 0.3) is 0 Å². The van der Waals surface area contributed by atoms with Crippen LogP contribution in [0, 0.1) is 0 Å². The molecule has 6 heteroatoms. The minimum absolute atomic E-state index is 0.533. The van der Waals surface area contributed by atoms with Crippen LogP contribution in [-0.4, -0.2) is 41.2 Å². The van der Waals surface area contributed by atoms with Crippen molar-refractivity contribution >= 4 is 14.8 Å². The van der Waals surface area contributed by atoms with E-state index in [0.29, 0.717) is 6.42 Å². The Morgan fingerprint density at radius 2 is 1.69 bits per heavy atom. The quantitative estimate of drug-likeness (QED) is 0.500. The van der Waals surface area contributed by atoms with E-state index in [9.17, 15) is 9.90 Å². The molecule has 0 aliphatic heterocycles. The van der Waals surface area contributed by atoms with Gasteiger partial charge >= 0.3 is 14.8 Å². The molecule has 1 unspecified atom stereocenters. The Balaban J connectivity index is 4.65. The fourth-order valence-electron chi connectivity index (χ4n) is 1.73. The molecular weight excluding hydrogens is 228 g/mol. The van der Waals surface area contributed by atoms with Gasteiger partial charge < -0.3 is 18.4 Å². The third-order valence-electron chi connectivity index (χ3n) is 2.67. The van der Waals surface area contributed by atoms with Gasteiger partial charge in [-0.15, -0.1) is 0 Å². The Bertz CT molecular complexity index is 197. The lowest BCUT2D eigenvalue weighted by Crippen LogP contribution is -2.50. The van der Waals surface area contributed by atoms with Crippen molar-refractivity contribution in [3.63, 3.8) is 0 Å². The number of hydrogen-bond acceptors (Lipinski definition) is 4. The molecular formula is C10H22O5Si. The molecule has 0 saturated carbocycles. The van der Waals surface area contributed by atoms with E-state index in [1.54, 1.807) is 0 Å². The van der Waals surface area contributed by atoms with Gasteiger partial charge in [0.2, 0.25) is 0 Å². The summed E-state index contributed by atoms with van der Waals surface area (Å²) in [6.07, 6.45) is 3.43. The second-order valence-electron chi connectivity index (χ2n) is 3.60. The van der Waals surface area contributed by atoms with Crippen LogP contribution in [0.1, 0.15) is 32.6 Å². The highest BCUT2D eigenvalue weighted by molar-refractivity contribution is 6.66. The van der Waals surface area contributed by atoms with Crippen LogP contribution in [0.2, 0.25) is 5.54 Å². The third kappa shape index (κ3) is 3.86. The van der Waals surface area contributed by atoms with Crippen molar-refractivity contribution in [3.8, 4) is 0 Å². The molecule has 96 valence electrons. The topological polar surface area (TPSA) is 65.0 Å². The van der Waals surface area contributed by atoms with E-state index in [1.807, 2.05) is 0 Å². The first-order valence-corrected chi connectivity index (χ1v) is 7.26. The smallest absolute Gasteiger partial charge is 0.481 e. The van der Waals surface area contributed by atoms with Gasteiger partial charge in [-0.1, -0.05) is 26.2 Å². The van der Waals surface area contributed by atoms with Gasteiger partial charge in [0, 0.05) is 21.3 Å². The maximum atomic E-state index is 11.2. The molecule has 0 radical (unpaired) electrons. The molecule has 0 spiro atoms. The van der Waals surface area contributed by atoms with Gasteiger partial charge in [0.25, 0.3) is 0 Å². The summed E-state index contributed by atoms with van der Waals surface area (Å²) < 4.78 is 15.6. The number of aliphatic carboxylic acids is 1. The summed E-state index contributed by atoms with van der Waals surface area (Å²) in [6, 6.07) is 0. The summed E-state index contributed by atoms with van der Waals surface area (Å²) in [4.78, 5) is 11.2. The zero-order valence-electron chi connectivity index (χ0n) is 10.5. The number of carboxylic acids is 1. The first kappa shape index (κ1) is 15.6. The Labute approximate surface area is 98.1 Å². The lowest BCUT2D eigenvalue weighted by atomic mass is 10.1. The molecule has 0 aromatic carbocycles. The Morgan fingerprint density at radius 3 is 2.00 bits per heavy atom. The van der Waals surface area contributed by atoms with E-state index in [0.717, 1.165) is 19.3 Å². The van der Waals surface area contributed by atoms with Crippen molar-refractivity contribution in [2.24, 2.45) is 0 Å². The van der Waals surface area contributed by atoms with Gasteiger partial charge in [-0.05, 0) is 6.42 Å². The zero-order chi connectivity index (χ0) is 12.6. The van der Waals surface area contributed by atoms with Gasteiger partial charge in [0.15, 0.2) is 0 Å². The Hall–Kier alpha value is -0.433. The molecule has 0 aliphatic rings. The van der Waals surface area contributed by atoms with E-state index in [4.69, 9.17) is 13.3 Å². The summed E-state index contributed by atoms with van der Waals surface area (Å²) >= 11 is 0. The minimum Gasteiger partial charge on any atom is -0.481 e. The summed E-state index contributed by atoms with van der Waals surface area (Å²) in [7, 11) is 1.26. The summed E-state index contributed by atoms with van der Waals surface area (Å²) in [5.41, 5.74) is -0.681. The lowest BCUT2D eigenvalue weighted by molar-refractivity contribution is -0.138. The van der Waals surface area contributed by atoms with Gasteiger partial charge in [-0.3, -0.25) is 4.79 Å². The van der Waals surface area contributed by atoms with Gasteiger partial charge in [-0.2, -0.15) is 0 Å². The molecule has 1 N–H and O–H groups in total. The first-order chi connectivity index (χ1) is 7.57. The molecule has 0 bridgehead atoms. The van der Waals surface area contributed by atoms with Crippen LogP contribution in [0.4, 0.5) is 0 Å². The molecule has 0 aliphatic carbocycles. The number of carbonyl (C=O) groups is 1. The molecule has 0 aromatic heterocycles. The Morgan fingerprint density at radius 1 is 1.19 bits per heavy atom. The number of rotatable bonds is 9. The van der Waals surface area contributed by atoms with E-state index in [-0.39, 0.29) is 0 Å². The van der Waals surface area contributed by atoms with Gasteiger partial charge in [0.1, 0.15) is 5.54 Å². The predicted octanol–water partition coefficient (Wildman–Crippen LogP) is 1.90. The molecule has 0 amide bonds. The summed E-state index contributed by atoms with van der Waals surface area (Å²) in [5.74, 6) is -0.909. The van der Waals surface area contributed by atoms with Crippen molar-refractivity contribution in [1.82, 2.24) is 0 Å². The second-order valence-corrected chi connectivity index (χ2v) is 6.73. The number of carboxylic acid groups (broad SMARTS) is 1. The molecule has 5 nitrogen and oxygen atoms in total. The number of unbranched alkanes of at least 4 members (excludes halogenated alkanes) is 2. The molecule has 0 aromatic rings. The lowest BCUT2D eigenvalue weighted by Gasteiger charge is -2.29. The SMILES string of the molecule is CCCCCC(C(=O)O)[Si](OC)(OC)OC. The number of hydrogen-bond donors (Lipinski definition) is 1. The van der Waals surface area contributed by atoms with E-state index in [1.165, 1.54) is 21.3 Å². The van der Waals surface area contributed by atoms with E-state index < -0.39 is 20.3 Å². The van der Waals surface area contributed by atoms with Crippen molar-refractivity contribution in [1.29, 1.82) is 0 Å². The van der Waals surface area contributed by atoms with Crippen molar-refractivity contribution in [2.45, 2.75) is 38.1 Å². The Kier molecular flexibility index (Phi) is 7.57. The monoisotopic (exact) mass is 250 g/mol. The highest BCUT2D eigenvalue weighted by Crippen LogP contribution is 2.29. The molecule has 0 fully saturated rings. The van der Waals surface area contributed by atoms with Crippen LogP contribution in [-0.2, 0) is 18.1 Å². The fraction of sp³-hybridized carbons (Fsp3) is 0.900. The minimum atomic E-state index is -3.06. The van der Waals surface area contributed by atoms with Crippen LogP contribution in [0.15, 0.2) is 0 Å². The van der Waals surface area contributed by atoms with Crippen LogP contribution in [0.5, 0.6) is 0 Å². The van der Waals surface area contributed by atoms with Crippen molar-refractivity contribution in [3.05, 3.63) is 0 Å². The molecule has 0 heterocycles. The van der Waals surface area contributed by atoms with Gasteiger partial charge in [0.05, 0.1) is 0 Å². The van der Waals surface area contributed by atoms with Crippen LogP contribution < -0.4 is 0 Å². The van der Waals surface area contributed by atoms with Crippen molar-refractivity contribution in [2.75, 3.05) is 21.3 Å². The highest BCUT2D eigenvalue weighted by Gasteiger charge is 2.51. The average Bonchev–Trinajstić information content (AvgIpc) is 2.29. The predicted molar refractivity (Wildman–Crippen MR) is 62.3 cm³/mol. The third-order valence-corrected chi connectivity index (χ3v) is 5.77. The van der Waals surface area contributed by atoms with E-state index in [2.05, 4.69) is 6.92 Å². The van der Waals surface area contributed by atoms with Crippen molar-refractivity contribution < 1.29 is 23.2 Å². The van der Waals surface area contributed by atoms with Gasteiger partial charge in [-0.25, -0.2) is 0 Å². The van der Waals surface area contributed by atoms with E-state index >= 15 is 0 Å². The fourth-order valence-corrected chi connectivity index (χ4v) is 3.94. The molecule has 0 saturated heterocycles. The molecule has 0 rings (SSSR count). The molecule has 1 atom stereocenters. The molecule has 16 heavy (non-hydrogen) atoms. The standard InChI is InChI=1S/C10H22O5Si/c1-5-6-7-8-9(10(11)12)16(13-2,14-3)15-4/h9H,5-8H2,1-4H3,(H,11,12). The average molecular weight is 250 g/mol. The first-order valence-electron chi connectivity index (χ1n) is 5.46. The van der Waals surface area contributed by atoms with Crippen LogP contribution in [0.3, 0.4) is 0 Å². The zero-order valence-corrected chi connectivity index (χ0v) is 11.5. The summed E-state index contributed by atoms with van der Waals surface area (Å²) in [6.45, 7) is 2.07. The highest BCUT2D eigenvalue weighted by atomic mass is 28.4.